The van der Waals surface area contributed by atoms with Crippen LogP contribution in [0.15, 0.2) is 30.3 Å². The Hall–Kier alpha value is -2.21. The van der Waals surface area contributed by atoms with Crippen molar-refractivity contribution in [2.24, 2.45) is 0 Å². The fourth-order valence-corrected chi connectivity index (χ4v) is 5.42. The van der Waals surface area contributed by atoms with E-state index in [1.807, 2.05) is 49.1 Å². The first kappa shape index (κ1) is 19.5. The maximum Gasteiger partial charge on any atom is 0.246 e. The largest absolute Gasteiger partial charge is 0.315 e. The van der Waals surface area contributed by atoms with Crippen LogP contribution in [0.3, 0.4) is 0 Å². The molecule has 2 aromatic rings. The van der Waals surface area contributed by atoms with Crippen molar-refractivity contribution in [3.8, 4) is 6.07 Å². The van der Waals surface area contributed by atoms with E-state index >= 15 is 0 Å². The summed E-state index contributed by atoms with van der Waals surface area (Å²) in [5.41, 5.74) is 2.16. The van der Waals surface area contributed by atoms with Crippen LogP contribution in [-0.4, -0.2) is 43.8 Å². The van der Waals surface area contributed by atoms with E-state index in [-0.39, 0.29) is 17.4 Å². The van der Waals surface area contributed by atoms with Crippen LogP contribution in [0.5, 0.6) is 0 Å². The van der Waals surface area contributed by atoms with Crippen LogP contribution >= 0.6 is 11.3 Å². The molecular weight excluding hydrogens is 382 g/mol. The highest BCUT2D eigenvalue weighted by molar-refractivity contribution is 7.91. The lowest BCUT2D eigenvalue weighted by Crippen LogP contribution is -2.46. The van der Waals surface area contributed by atoms with Gasteiger partial charge in [0.2, 0.25) is 5.91 Å². The van der Waals surface area contributed by atoms with Crippen molar-refractivity contribution in [2.45, 2.75) is 19.9 Å². The number of rotatable bonds is 4. The molecule has 2 heterocycles. The van der Waals surface area contributed by atoms with Crippen LogP contribution < -0.4 is 5.32 Å². The fourth-order valence-electron chi connectivity index (χ4n) is 3.18. The lowest BCUT2D eigenvalue weighted by atomic mass is 10.0. The van der Waals surface area contributed by atoms with E-state index in [2.05, 4.69) is 11.4 Å². The molecule has 1 saturated heterocycles. The highest BCUT2D eigenvalue weighted by Crippen LogP contribution is 2.33. The highest BCUT2D eigenvalue weighted by atomic mass is 32.2. The monoisotopic (exact) mass is 403 g/mol. The second kappa shape index (κ2) is 7.80. The average Bonchev–Trinajstić information content (AvgIpc) is 2.90. The van der Waals surface area contributed by atoms with E-state index in [1.54, 1.807) is 0 Å². The van der Waals surface area contributed by atoms with Gasteiger partial charge in [0.15, 0.2) is 9.84 Å². The van der Waals surface area contributed by atoms with Crippen LogP contribution in [-0.2, 0) is 14.6 Å². The van der Waals surface area contributed by atoms with Gasteiger partial charge >= 0.3 is 0 Å². The summed E-state index contributed by atoms with van der Waals surface area (Å²) in [6.45, 7) is 4.40. The summed E-state index contributed by atoms with van der Waals surface area (Å²) in [6.07, 6.45) is 0. The van der Waals surface area contributed by atoms with Crippen molar-refractivity contribution in [1.82, 2.24) is 4.90 Å². The van der Waals surface area contributed by atoms with Gasteiger partial charge in [-0.15, -0.1) is 11.3 Å². The number of carbonyl (C=O) groups is 1. The number of nitrogens with one attached hydrogen (secondary N) is 1. The summed E-state index contributed by atoms with van der Waals surface area (Å²) in [5, 5.41) is 12.9. The molecule has 0 bridgehead atoms. The SMILES string of the molecule is Cc1sc(NC(=O)C(c2ccccc2)N2CCS(=O)(=O)CC2)c(C#N)c1C. The van der Waals surface area contributed by atoms with Crippen LogP contribution in [0.1, 0.15) is 27.6 Å². The Morgan fingerprint density at radius 3 is 2.44 bits per heavy atom. The van der Waals surface area contributed by atoms with Gasteiger partial charge in [0.25, 0.3) is 0 Å². The molecule has 1 N–H and O–H groups in total. The summed E-state index contributed by atoms with van der Waals surface area (Å²) < 4.78 is 23.6. The molecule has 1 aromatic heterocycles. The number of hydrogen-bond donors (Lipinski definition) is 1. The summed E-state index contributed by atoms with van der Waals surface area (Å²) in [6, 6.07) is 10.9. The Balaban J connectivity index is 1.91. The summed E-state index contributed by atoms with van der Waals surface area (Å²) in [4.78, 5) is 16.0. The summed E-state index contributed by atoms with van der Waals surface area (Å²) in [7, 11) is -3.04. The first-order valence-corrected chi connectivity index (χ1v) is 11.3. The van der Waals surface area contributed by atoms with Crippen molar-refractivity contribution in [2.75, 3.05) is 29.9 Å². The predicted octanol–water partition coefficient (Wildman–Crippen LogP) is 2.65. The number of aryl methyl sites for hydroxylation is 1. The number of amides is 1. The average molecular weight is 404 g/mol. The molecule has 1 aromatic carbocycles. The molecule has 27 heavy (non-hydrogen) atoms. The fraction of sp³-hybridized carbons (Fsp3) is 0.368. The number of carbonyl (C=O) groups excluding carboxylic acids is 1. The van der Waals surface area contributed by atoms with E-state index in [4.69, 9.17) is 0 Å². The number of sulfone groups is 1. The molecule has 0 aliphatic carbocycles. The lowest BCUT2D eigenvalue weighted by molar-refractivity contribution is -0.121. The van der Waals surface area contributed by atoms with Crippen LogP contribution in [0.25, 0.3) is 0 Å². The van der Waals surface area contributed by atoms with Crippen molar-refractivity contribution >= 4 is 32.1 Å². The van der Waals surface area contributed by atoms with Crippen LogP contribution in [0.2, 0.25) is 0 Å². The molecule has 1 atom stereocenters. The summed E-state index contributed by atoms with van der Waals surface area (Å²) >= 11 is 1.38. The highest BCUT2D eigenvalue weighted by Gasteiger charge is 2.33. The maximum atomic E-state index is 13.2. The molecule has 1 unspecified atom stereocenters. The molecule has 3 rings (SSSR count). The van der Waals surface area contributed by atoms with E-state index in [1.165, 1.54) is 11.3 Å². The number of thiophene rings is 1. The molecule has 6 nitrogen and oxygen atoms in total. The molecular formula is C19H21N3O3S2. The molecule has 1 amide bonds. The Kier molecular flexibility index (Phi) is 5.65. The lowest BCUT2D eigenvalue weighted by Gasteiger charge is -2.33. The summed E-state index contributed by atoms with van der Waals surface area (Å²) in [5.74, 6) is -0.160. The van der Waals surface area contributed by atoms with Gasteiger partial charge in [-0.3, -0.25) is 9.69 Å². The standard InChI is InChI=1S/C19H21N3O3S2/c1-13-14(2)26-19(16(13)12-20)21-18(23)17(15-6-4-3-5-7-15)22-8-10-27(24,25)11-9-22/h3-7,17H,8-11H2,1-2H3,(H,21,23). The number of anilines is 1. The smallest absolute Gasteiger partial charge is 0.246 e. The Morgan fingerprint density at radius 2 is 1.85 bits per heavy atom. The maximum absolute atomic E-state index is 13.2. The van der Waals surface area contributed by atoms with Gasteiger partial charge in [0, 0.05) is 18.0 Å². The Bertz CT molecular complexity index is 977. The molecule has 1 aliphatic heterocycles. The minimum absolute atomic E-state index is 0.0459. The molecule has 1 aliphatic rings. The number of hydrogen-bond acceptors (Lipinski definition) is 6. The third-order valence-electron chi connectivity index (χ3n) is 4.84. The van der Waals surface area contributed by atoms with Crippen LogP contribution in [0.4, 0.5) is 5.00 Å². The second-order valence-corrected chi connectivity index (χ2v) is 10.1. The zero-order chi connectivity index (χ0) is 19.6. The molecule has 0 saturated carbocycles. The van der Waals surface area contributed by atoms with E-state index in [0.29, 0.717) is 23.7 Å². The molecule has 0 spiro atoms. The zero-order valence-corrected chi connectivity index (χ0v) is 16.9. The number of benzene rings is 1. The van der Waals surface area contributed by atoms with Gasteiger partial charge in [0.05, 0.1) is 17.1 Å². The van der Waals surface area contributed by atoms with Crippen LogP contribution in [0, 0.1) is 25.2 Å². The zero-order valence-electron chi connectivity index (χ0n) is 15.2. The van der Waals surface area contributed by atoms with Crippen molar-refractivity contribution < 1.29 is 13.2 Å². The topological polar surface area (TPSA) is 90.3 Å². The normalized spacial score (nSPS) is 17.8. The van der Waals surface area contributed by atoms with E-state index in [9.17, 15) is 18.5 Å². The molecule has 0 radical (unpaired) electrons. The third kappa shape index (κ3) is 4.21. The van der Waals surface area contributed by atoms with Gasteiger partial charge in [0.1, 0.15) is 17.1 Å². The Morgan fingerprint density at radius 1 is 1.22 bits per heavy atom. The quantitative estimate of drug-likeness (QED) is 0.848. The minimum atomic E-state index is -3.04. The number of nitrogens with zero attached hydrogens (tertiary/aromatic N) is 2. The first-order chi connectivity index (χ1) is 12.8. The molecule has 8 heteroatoms. The first-order valence-electron chi connectivity index (χ1n) is 8.63. The minimum Gasteiger partial charge on any atom is -0.315 e. The van der Waals surface area contributed by atoms with E-state index in [0.717, 1.165) is 16.0 Å². The Labute approximate surface area is 163 Å². The van der Waals surface area contributed by atoms with Gasteiger partial charge in [-0.05, 0) is 25.0 Å². The van der Waals surface area contributed by atoms with Gasteiger partial charge in [-0.2, -0.15) is 5.26 Å². The number of nitriles is 1. The van der Waals surface area contributed by atoms with Gasteiger partial charge in [-0.25, -0.2) is 8.42 Å². The van der Waals surface area contributed by atoms with Crippen molar-refractivity contribution in [3.05, 3.63) is 51.9 Å². The predicted molar refractivity (Wildman–Crippen MR) is 107 cm³/mol. The molecule has 142 valence electrons. The van der Waals surface area contributed by atoms with Gasteiger partial charge in [-0.1, -0.05) is 30.3 Å². The van der Waals surface area contributed by atoms with Crippen molar-refractivity contribution in [1.29, 1.82) is 5.26 Å². The van der Waals surface area contributed by atoms with E-state index < -0.39 is 15.9 Å². The van der Waals surface area contributed by atoms with Gasteiger partial charge < -0.3 is 5.32 Å². The molecule has 1 fully saturated rings. The van der Waals surface area contributed by atoms with Crippen molar-refractivity contribution in [3.63, 3.8) is 0 Å². The second-order valence-electron chi connectivity index (χ2n) is 6.59. The third-order valence-corrected chi connectivity index (χ3v) is 7.57.